The van der Waals surface area contributed by atoms with Gasteiger partial charge in [-0.25, -0.2) is 4.39 Å². The van der Waals surface area contributed by atoms with Gasteiger partial charge in [-0.2, -0.15) is 0 Å². The first-order chi connectivity index (χ1) is 5.74. The van der Waals surface area contributed by atoms with Crippen LogP contribution in [0, 0.1) is 5.92 Å². The van der Waals surface area contributed by atoms with Crippen molar-refractivity contribution in [3.05, 3.63) is 0 Å². The molecule has 1 aliphatic rings. The van der Waals surface area contributed by atoms with Gasteiger partial charge >= 0.3 is 0 Å². The molecule has 1 aliphatic carbocycles. The third-order valence-electron chi connectivity index (χ3n) is 2.73. The SMILES string of the molecule is NC(CC(O)CF)C1CCCC1. The summed E-state index contributed by atoms with van der Waals surface area (Å²) in [5.74, 6) is 0.520. The van der Waals surface area contributed by atoms with Gasteiger partial charge in [0, 0.05) is 6.04 Å². The second kappa shape index (κ2) is 4.77. The third kappa shape index (κ3) is 2.72. The van der Waals surface area contributed by atoms with E-state index in [2.05, 4.69) is 0 Å². The molecule has 0 aromatic carbocycles. The highest BCUT2D eigenvalue weighted by Gasteiger charge is 2.23. The van der Waals surface area contributed by atoms with Gasteiger partial charge in [-0.1, -0.05) is 12.8 Å². The quantitative estimate of drug-likeness (QED) is 0.675. The molecular formula is C9H18FNO. The van der Waals surface area contributed by atoms with Gasteiger partial charge in [0.05, 0.1) is 6.10 Å². The summed E-state index contributed by atoms with van der Waals surface area (Å²) in [5.41, 5.74) is 5.83. The largest absolute Gasteiger partial charge is 0.390 e. The zero-order valence-electron chi connectivity index (χ0n) is 7.38. The van der Waals surface area contributed by atoms with Crippen molar-refractivity contribution in [3.8, 4) is 0 Å². The smallest absolute Gasteiger partial charge is 0.115 e. The average molecular weight is 175 g/mol. The first-order valence-electron chi connectivity index (χ1n) is 4.73. The van der Waals surface area contributed by atoms with E-state index in [0.29, 0.717) is 12.3 Å². The molecule has 72 valence electrons. The summed E-state index contributed by atoms with van der Waals surface area (Å²) in [6.07, 6.45) is 4.36. The second-order valence-corrected chi connectivity index (χ2v) is 3.75. The molecule has 3 N–H and O–H groups in total. The lowest BCUT2D eigenvalue weighted by Crippen LogP contribution is -2.33. The Morgan fingerprint density at radius 2 is 2.00 bits per heavy atom. The number of aliphatic hydroxyl groups is 1. The zero-order valence-corrected chi connectivity index (χ0v) is 7.38. The fraction of sp³-hybridized carbons (Fsp3) is 1.00. The van der Waals surface area contributed by atoms with Crippen LogP contribution in [0.5, 0.6) is 0 Å². The van der Waals surface area contributed by atoms with E-state index < -0.39 is 12.8 Å². The molecule has 3 heteroatoms. The molecule has 0 amide bonds. The van der Waals surface area contributed by atoms with E-state index in [-0.39, 0.29) is 6.04 Å². The van der Waals surface area contributed by atoms with E-state index in [1.165, 1.54) is 12.8 Å². The van der Waals surface area contributed by atoms with E-state index in [1.807, 2.05) is 0 Å². The number of nitrogens with two attached hydrogens (primary N) is 1. The van der Waals surface area contributed by atoms with Crippen molar-refractivity contribution in [1.29, 1.82) is 0 Å². The molecule has 0 spiro atoms. The van der Waals surface area contributed by atoms with Gasteiger partial charge in [0.15, 0.2) is 0 Å². The fourth-order valence-corrected chi connectivity index (χ4v) is 1.96. The molecule has 0 heterocycles. The lowest BCUT2D eigenvalue weighted by Gasteiger charge is -2.20. The van der Waals surface area contributed by atoms with E-state index in [0.717, 1.165) is 12.8 Å². The molecule has 12 heavy (non-hydrogen) atoms. The topological polar surface area (TPSA) is 46.2 Å². The summed E-state index contributed by atoms with van der Waals surface area (Å²) in [7, 11) is 0. The predicted octanol–water partition coefficient (Wildman–Crippen LogP) is 1.22. The van der Waals surface area contributed by atoms with Crippen LogP contribution in [0.25, 0.3) is 0 Å². The summed E-state index contributed by atoms with van der Waals surface area (Å²) in [6, 6.07) is -0.00162. The van der Waals surface area contributed by atoms with E-state index in [9.17, 15) is 4.39 Å². The highest BCUT2D eigenvalue weighted by Crippen LogP contribution is 2.28. The lowest BCUT2D eigenvalue weighted by molar-refractivity contribution is 0.115. The van der Waals surface area contributed by atoms with Crippen LogP contribution in [-0.4, -0.2) is 23.9 Å². The summed E-state index contributed by atoms with van der Waals surface area (Å²) in [6.45, 7) is -0.666. The van der Waals surface area contributed by atoms with Crippen LogP contribution in [0.4, 0.5) is 4.39 Å². The second-order valence-electron chi connectivity index (χ2n) is 3.75. The van der Waals surface area contributed by atoms with Crippen molar-refractivity contribution >= 4 is 0 Å². The average Bonchev–Trinajstić information content (AvgIpc) is 2.56. The molecule has 0 aliphatic heterocycles. The maximum Gasteiger partial charge on any atom is 0.115 e. The predicted molar refractivity (Wildman–Crippen MR) is 46.5 cm³/mol. The minimum absolute atomic E-state index is 0.00162. The number of hydrogen-bond donors (Lipinski definition) is 2. The number of alkyl halides is 1. The molecule has 2 unspecified atom stereocenters. The Morgan fingerprint density at radius 1 is 1.42 bits per heavy atom. The van der Waals surface area contributed by atoms with Gasteiger partial charge < -0.3 is 10.8 Å². The third-order valence-corrected chi connectivity index (χ3v) is 2.73. The molecule has 1 saturated carbocycles. The van der Waals surface area contributed by atoms with Crippen LogP contribution in [0.15, 0.2) is 0 Å². The summed E-state index contributed by atoms with van der Waals surface area (Å²) >= 11 is 0. The van der Waals surface area contributed by atoms with Gasteiger partial charge in [0.25, 0.3) is 0 Å². The standard InChI is InChI=1S/C9H18FNO/c10-6-8(12)5-9(11)7-3-1-2-4-7/h7-9,12H,1-6,11H2. The summed E-state index contributed by atoms with van der Waals surface area (Å²) < 4.78 is 11.9. The van der Waals surface area contributed by atoms with Crippen molar-refractivity contribution in [2.75, 3.05) is 6.67 Å². The Hall–Kier alpha value is -0.150. The molecular weight excluding hydrogens is 157 g/mol. The number of rotatable bonds is 4. The van der Waals surface area contributed by atoms with Crippen LogP contribution in [0.1, 0.15) is 32.1 Å². The molecule has 0 bridgehead atoms. The maximum absolute atomic E-state index is 11.9. The minimum Gasteiger partial charge on any atom is -0.390 e. The minimum atomic E-state index is -0.847. The van der Waals surface area contributed by atoms with Crippen molar-refractivity contribution in [1.82, 2.24) is 0 Å². The maximum atomic E-state index is 11.9. The van der Waals surface area contributed by atoms with Crippen molar-refractivity contribution in [2.45, 2.75) is 44.2 Å². The monoisotopic (exact) mass is 175 g/mol. The zero-order chi connectivity index (χ0) is 8.97. The van der Waals surface area contributed by atoms with Gasteiger partial charge in [-0.05, 0) is 25.2 Å². The normalized spacial score (nSPS) is 24.2. The Labute approximate surface area is 73.0 Å². The van der Waals surface area contributed by atoms with Crippen molar-refractivity contribution < 1.29 is 9.50 Å². The Bertz CT molecular complexity index is 126. The van der Waals surface area contributed by atoms with Gasteiger partial charge in [-0.3, -0.25) is 0 Å². The molecule has 2 nitrogen and oxygen atoms in total. The Balaban J connectivity index is 2.21. The highest BCUT2D eigenvalue weighted by atomic mass is 19.1. The van der Waals surface area contributed by atoms with Crippen LogP contribution in [0.2, 0.25) is 0 Å². The van der Waals surface area contributed by atoms with E-state index in [4.69, 9.17) is 10.8 Å². The van der Waals surface area contributed by atoms with Crippen LogP contribution in [0.3, 0.4) is 0 Å². The Kier molecular flexibility index (Phi) is 3.95. The molecule has 0 radical (unpaired) electrons. The number of aliphatic hydroxyl groups excluding tert-OH is 1. The number of halogens is 1. The fourth-order valence-electron chi connectivity index (χ4n) is 1.96. The summed E-state index contributed by atoms with van der Waals surface area (Å²) in [5, 5.41) is 9.03. The van der Waals surface area contributed by atoms with Crippen LogP contribution in [-0.2, 0) is 0 Å². The highest BCUT2D eigenvalue weighted by molar-refractivity contribution is 4.79. The van der Waals surface area contributed by atoms with Gasteiger partial charge in [0.1, 0.15) is 6.67 Å². The lowest BCUT2D eigenvalue weighted by atomic mass is 9.94. The Morgan fingerprint density at radius 3 is 2.50 bits per heavy atom. The molecule has 0 saturated heterocycles. The summed E-state index contributed by atoms with van der Waals surface area (Å²) in [4.78, 5) is 0. The van der Waals surface area contributed by atoms with Gasteiger partial charge in [0.2, 0.25) is 0 Å². The molecule has 1 fully saturated rings. The van der Waals surface area contributed by atoms with Crippen LogP contribution >= 0.6 is 0 Å². The van der Waals surface area contributed by atoms with Gasteiger partial charge in [-0.15, -0.1) is 0 Å². The van der Waals surface area contributed by atoms with Crippen molar-refractivity contribution in [2.24, 2.45) is 11.7 Å². The molecule has 0 aromatic rings. The van der Waals surface area contributed by atoms with Crippen LogP contribution < -0.4 is 5.73 Å². The van der Waals surface area contributed by atoms with Crippen molar-refractivity contribution in [3.63, 3.8) is 0 Å². The first kappa shape index (κ1) is 9.93. The molecule has 1 rings (SSSR count). The molecule has 2 atom stereocenters. The van der Waals surface area contributed by atoms with E-state index in [1.54, 1.807) is 0 Å². The molecule has 0 aromatic heterocycles. The first-order valence-corrected chi connectivity index (χ1v) is 4.73. The number of hydrogen-bond acceptors (Lipinski definition) is 2. The van der Waals surface area contributed by atoms with E-state index >= 15 is 0 Å².